The highest BCUT2D eigenvalue weighted by molar-refractivity contribution is 9.10. The molecule has 0 rings (SSSR count). The summed E-state index contributed by atoms with van der Waals surface area (Å²) in [6, 6.07) is 0. The van der Waals surface area contributed by atoms with Gasteiger partial charge in [0.15, 0.2) is 0 Å². The summed E-state index contributed by atoms with van der Waals surface area (Å²) in [5.74, 6) is 0. The second-order valence-corrected chi connectivity index (χ2v) is 13.8. The fourth-order valence-corrected chi connectivity index (χ4v) is 2.93. The molecule has 0 heterocycles. The van der Waals surface area contributed by atoms with E-state index in [1.807, 2.05) is 0 Å². The van der Waals surface area contributed by atoms with Crippen LogP contribution in [0.25, 0.3) is 0 Å². The van der Waals surface area contributed by atoms with Gasteiger partial charge >= 0.3 is 10.8 Å². The second kappa shape index (κ2) is 25.7. The van der Waals surface area contributed by atoms with Crippen molar-refractivity contribution in [2.75, 3.05) is 0 Å². The summed E-state index contributed by atoms with van der Waals surface area (Å²) in [6.45, 7) is 2.24. The van der Waals surface area contributed by atoms with E-state index in [1.54, 1.807) is 0 Å². The molecule has 0 aliphatic heterocycles. The van der Waals surface area contributed by atoms with Crippen molar-refractivity contribution in [2.45, 2.75) is 90.0 Å². The van der Waals surface area contributed by atoms with Crippen molar-refractivity contribution in [2.24, 2.45) is 0 Å². The number of carbonyl (C=O) groups excluding carboxylic acids is 3. The van der Waals surface area contributed by atoms with Crippen LogP contribution < -0.4 is 0 Å². The Kier molecular flexibility index (Phi) is 28.7. The van der Waals surface area contributed by atoms with Gasteiger partial charge in [-0.3, -0.25) is 14.4 Å². The summed E-state index contributed by atoms with van der Waals surface area (Å²) >= 11 is 41.9. The molecule has 0 amide bonds. The van der Waals surface area contributed by atoms with Crippen molar-refractivity contribution < 1.29 is 31.9 Å². The Labute approximate surface area is 293 Å². The highest BCUT2D eigenvalue weighted by Gasteiger charge is 2.59. The van der Waals surface area contributed by atoms with Gasteiger partial charge in [0, 0.05) is 6.42 Å². The molecule has 0 N–H and O–H groups in total. The lowest BCUT2D eigenvalue weighted by Gasteiger charge is -2.22. The van der Waals surface area contributed by atoms with Crippen LogP contribution >= 0.6 is 109 Å². The molecule has 0 saturated heterocycles. The average molecular weight is 831 g/mol. The van der Waals surface area contributed by atoms with Crippen LogP contribution in [0.2, 0.25) is 0 Å². The highest BCUT2D eigenvalue weighted by atomic mass is 79.9. The Balaban J connectivity index is -0.000000629. The molecule has 0 aromatic heterocycles. The quantitative estimate of drug-likeness (QED) is 0.0512. The first-order valence-corrected chi connectivity index (χ1v) is 16.0. The third-order valence-electron chi connectivity index (χ3n) is 4.41. The van der Waals surface area contributed by atoms with Crippen LogP contribution in [0.5, 0.6) is 0 Å². The van der Waals surface area contributed by atoms with Gasteiger partial charge in [0.25, 0.3) is 10.5 Å². The SMILES string of the molecule is CCCCCC=CCC=CCC=CCC=CCCCC(=O)Cl.O=C(Cl)C(Cl)(Cl)C(Cl)(Cl)Cl.O=C(Cl)C(F)(Br)C(F)(F)F. The molecule has 0 aromatic carbocycles. The molecule has 0 aromatic rings. The van der Waals surface area contributed by atoms with E-state index in [0.717, 1.165) is 32.1 Å². The minimum Gasteiger partial charge on any atom is -0.281 e. The first-order valence-electron chi connectivity index (χ1n) is 12.2. The monoisotopic (exact) mass is 826 g/mol. The normalized spacial score (nSPS) is 14.0. The lowest BCUT2D eigenvalue weighted by molar-refractivity contribution is -0.190. The fraction of sp³-hybridized carbons (Fsp3) is 0.577. The maximum atomic E-state index is 12.0. The number of hydrogen-bond donors (Lipinski definition) is 0. The Morgan fingerprint density at radius 1 is 0.643 bits per heavy atom. The molecule has 0 fully saturated rings. The Bertz CT molecular complexity index is 865. The van der Waals surface area contributed by atoms with Gasteiger partial charge in [0.05, 0.1) is 0 Å². The predicted octanol–water partition coefficient (Wildman–Crippen LogP) is 12.6. The molecular formula is C26H31BrCl8F4O3. The van der Waals surface area contributed by atoms with E-state index in [1.165, 1.54) is 41.6 Å². The minimum absolute atomic E-state index is 0.240. The van der Waals surface area contributed by atoms with E-state index in [2.05, 4.69) is 67.1 Å². The minimum atomic E-state index is -5.31. The average Bonchev–Trinajstić information content (AvgIpc) is 2.85. The van der Waals surface area contributed by atoms with Crippen molar-refractivity contribution in [3.05, 3.63) is 48.6 Å². The zero-order valence-corrected chi connectivity index (χ0v) is 30.0. The van der Waals surface area contributed by atoms with Gasteiger partial charge in [0.1, 0.15) is 0 Å². The summed E-state index contributed by atoms with van der Waals surface area (Å²) < 4.78 is 37.7. The van der Waals surface area contributed by atoms with E-state index in [-0.39, 0.29) is 5.24 Å². The molecule has 1 atom stereocenters. The molecule has 0 bridgehead atoms. The lowest BCUT2D eigenvalue weighted by atomic mass is 10.2. The fourth-order valence-electron chi connectivity index (χ4n) is 2.14. The molecule has 3 nitrogen and oxygen atoms in total. The summed E-state index contributed by atoms with van der Waals surface area (Å²) in [5.41, 5.74) is 0. The van der Waals surface area contributed by atoms with Gasteiger partial charge in [-0.2, -0.15) is 13.2 Å². The summed E-state index contributed by atoms with van der Waals surface area (Å²) in [5, 5.41) is -3.51. The summed E-state index contributed by atoms with van der Waals surface area (Å²) in [6.07, 6.45) is 22.7. The number of unbranched alkanes of at least 4 members (excludes halogenated alkanes) is 4. The summed E-state index contributed by atoms with van der Waals surface area (Å²) in [4.78, 5) is 30.6. The molecule has 0 aliphatic carbocycles. The van der Waals surface area contributed by atoms with Gasteiger partial charge in [-0.25, -0.2) is 4.39 Å². The van der Waals surface area contributed by atoms with Crippen LogP contribution in [0, 0.1) is 0 Å². The van der Waals surface area contributed by atoms with Gasteiger partial charge < -0.3 is 0 Å². The molecule has 0 aliphatic rings. The van der Waals surface area contributed by atoms with Crippen LogP contribution in [-0.2, 0) is 14.4 Å². The Morgan fingerprint density at radius 2 is 1.02 bits per heavy atom. The zero-order valence-electron chi connectivity index (χ0n) is 22.3. The van der Waals surface area contributed by atoms with Crippen LogP contribution in [0.4, 0.5) is 17.6 Å². The Hall–Kier alpha value is 0.490. The molecule has 1 unspecified atom stereocenters. The molecular weight excluding hydrogens is 800 g/mol. The van der Waals surface area contributed by atoms with Crippen molar-refractivity contribution in [1.82, 2.24) is 0 Å². The molecule has 16 heteroatoms. The summed E-state index contributed by atoms with van der Waals surface area (Å²) in [7, 11) is 0. The smallest absolute Gasteiger partial charge is 0.281 e. The van der Waals surface area contributed by atoms with Crippen LogP contribution in [-0.4, -0.2) is 34.6 Å². The van der Waals surface area contributed by atoms with Crippen molar-refractivity contribution in [3.8, 4) is 0 Å². The van der Waals surface area contributed by atoms with Gasteiger partial charge in [-0.05, 0) is 95.7 Å². The molecule has 0 radical (unpaired) electrons. The molecule has 0 saturated carbocycles. The third kappa shape index (κ3) is 25.8. The van der Waals surface area contributed by atoms with E-state index in [9.17, 15) is 31.9 Å². The number of halogens is 13. The predicted molar refractivity (Wildman–Crippen MR) is 175 cm³/mol. The van der Waals surface area contributed by atoms with E-state index in [4.69, 9.17) is 81.2 Å². The van der Waals surface area contributed by atoms with Gasteiger partial charge in [-0.1, -0.05) is 126 Å². The number of alkyl halides is 10. The van der Waals surface area contributed by atoms with Gasteiger partial charge in [-0.15, -0.1) is 0 Å². The largest absolute Gasteiger partial charge is 0.441 e. The van der Waals surface area contributed by atoms with Gasteiger partial charge in [0.2, 0.25) is 13.4 Å². The van der Waals surface area contributed by atoms with E-state index < -0.39 is 29.4 Å². The molecule has 42 heavy (non-hydrogen) atoms. The number of allylic oxidation sites excluding steroid dienone is 8. The van der Waals surface area contributed by atoms with Crippen LogP contribution in [0.3, 0.4) is 0 Å². The van der Waals surface area contributed by atoms with Crippen molar-refractivity contribution in [3.63, 3.8) is 0 Å². The van der Waals surface area contributed by atoms with Crippen LogP contribution in [0.1, 0.15) is 71.1 Å². The topological polar surface area (TPSA) is 51.2 Å². The van der Waals surface area contributed by atoms with Crippen LogP contribution in [0.15, 0.2) is 48.6 Å². The van der Waals surface area contributed by atoms with Crippen molar-refractivity contribution >= 4 is 124 Å². The number of carbonyl (C=O) groups is 3. The van der Waals surface area contributed by atoms with E-state index >= 15 is 0 Å². The van der Waals surface area contributed by atoms with E-state index in [0.29, 0.717) is 6.42 Å². The number of hydrogen-bond acceptors (Lipinski definition) is 3. The van der Waals surface area contributed by atoms with Crippen molar-refractivity contribution in [1.29, 1.82) is 0 Å². The first kappa shape index (κ1) is 46.9. The highest BCUT2D eigenvalue weighted by Crippen LogP contribution is 2.47. The standard InChI is InChI=1S/C20H31ClO.C3BrClF4O.C3Cl6O/c1-2-3-4-5-6-7-8-9-10-11-12-13-14-15-16-17-18-19-20(21)22;4-2(6,1(5)10)3(7,8)9;4-1(10)2(5,6)3(7,8)9/h6-7,9-10,12-13,15-16H,2-5,8,11,14,17-19H2,1H3;;. The third-order valence-corrected chi connectivity index (χ3v) is 8.71. The maximum Gasteiger partial charge on any atom is 0.441 e. The lowest BCUT2D eigenvalue weighted by Crippen LogP contribution is -2.39. The maximum absolute atomic E-state index is 12.0. The Morgan fingerprint density at radius 3 is 1.26 bits per heavy atom. The molecule has 0 spiro atoms. The molecule has 244 valence electrons. The number of rotatable bonds is 16. The first-order chi connectivity index (χ1) is 19.2. The second-order valence-electron chi connectivity index (χ2n) is 8.03. The zero-order chi connectivity index (χ0) is 33.5.